The molecule has 0 bridgehead atoms. The molecule has 1 heterocycles. The first-order chi connectivity index (χ1) is 17.5. The Bertz CT molecular complexity index is 969. The van der Waals surface area contributed by atoms with E-state index in [1.807, 2.05) is 6.07 Å². The molecule has 208 valence electrons. The number of esters is 1. The Balaban J connectivity index is 2.17. The van der Waals surface area contributed by atoms with Gasteiger partial charge >= 0.3 is 5.97 Å². The average Bonchev–Trinajstić information content (AvgIpc) is 2.84. The van der Waals surface area contributed by atoms with E-state index < -0.39 is 14.4 Å². The summed E-state index contributed by atoms with van der Waals surface area (Å²) in [5.74, 6) is -0.237. The number of nitrogens with zero attached hydrogens (tertiary/aromatic N) is 1. The summed E-state index contributed by atoms with van der Waals surface area (Å²) in [6, 6.07) is 10.6. The van der Waals surface area contributed by atoms with E-state index in [0.717, 1.165) is 23.0 Å². The van der Waals surface area contributed by atoms with E-state index in [-0.39, 0.29) is 17.1 Å². The highest BCUT2D eigenvalue weighted by atomic mass is 28.4. The van der Waals surface area contributed by atoms with Crippen molar-refractivity contribution in [1.29, 1.82) is 0 Å². The number of hydrogen-bond donors (Lipinski definition) is 1. The number of carbonyl (C=O) groups excluding carboxylic acids is 1. The summed E-state index contributed by atoms with van der Waals surface area (Å²) in [6.45, 7) is 13.8. The van der Waals surface area contributed by atoms with Gasteiger partial charge in [-0.2, -0.15) is 0 Å². The number of hydrogen-bond acceptors (Lipinski definition) is 5. The minimum atomic E-state index is -1.94. The van der Waals surface area contributed by atoms with Crippen LogP contribution in [0.4, 0.5) is 0 Å². The lowest BCUT2D eigenvalue weighted by molar-refractivity contribution is -0.140. The second-order valence-corrected chi connectivity index (χ2v) is 16.8. The Hall–Kier alpha value is -1.76. The van der Waals surface area contributed by atoms with Gasteiger partial charge in [-0.15, -0.1) is 0 Å². The zero-order valence-electron chi connectivity index (χ0n) is 24.4. The van der Waals surface area contributed by atoms with Gasteiger partial charge in [0.15, 0.2) is 8.32 Å². The Kier molecular flexibility index (Phi) is 12.7. The number of carbonyl (C=O) groups is 1. The lowest BCUT2D eigenvalue weighted by Gasteiger charge is -2.39. The summed E-state index contributed by atoms with van der Waals surface area (Å²) in [4.78, 5) is 16.2. The van der Waals surface area contributed by atoms with Crippen LogP contribution in [0, 0.1) is 0 Å². The molecule has 1 N–H and O–H groups in total. The minimum Gasteiger partial charge on any atom is -0.469 e. The normalized spacial score (nSPS) is 14.1. The largest absolute Gasteiger partial charge is 0.469 e. The molecular weight excluding hydrogens is 478 g/mol. The van der Waals surface area contributed by atoms with Crippen LogP contribution in [0.25, 0.3) is 10.9 Å². The molecule has 2 atom stereocenters. The molecule has 5 nitrogen and oxygen atoms in total. The molecule has 2 rings (SSSR count). The van der Waals surface area contributed by atoms with Gasteiger partial charge in [0, 0.05) is 23.9 Å². The third-order valence-electron chi connectivity index (χ3n) is 7.80. The van der Waals surface area contributed by atoms with Gasteiger partial charge in [0.2, 0.25) is 0 Å². The Labute approximate surface area is 226 Å². The maximum absolute atomic E-state index is 11.3. The van der Waals surface area contributed by atoms with Crippen molar-refractivity contribution in [2.24, 2.45) is 0 Å². The second kappa shape index (κ2) is 15.0. The fourth-order valence-electron chi connectivity index (χ4n) is 4.35. The van der Waals surface area contributed by atoms with Crippen molar-refractivity contribution in [3.63, 3.8) is 0 Å². The number of aliphatic hydroxyl groups excluding tert-OH is 1. The molecular formula is C31H51NO4Si. The van der Waals surface area contributed by atoms with Crippen LogP contribution in [0.2, 0.25) is 18.1 Å². The van der Waals surface area contributed by atoms with Crippen molar-refractivity contribution in [2.45, 2.75) is 129 Å². The molecule has 2 unspecified atom stereocenters. The average molecular weight is 530 g/mol. The van der Waals surface area contributed by atoms with E-state index in [2.05, 4.69) is 69.8 Å². The van der Waals surface area contributed by atoms with Crippen molar-refractivity contribution in [1.82, 2.24) is 4.98 Å². The number of fused-ring (bicyclic) bond motifs is 1. The Morgan fingerprint density at radius 2 is 1.68 bits per heavy atom. The molecule has 1 aromatic heterocycles. The highest BCUT2D eigenvalue weighted by Crippen LogP contribution is 2.41. The van der Waals surface area contributed by atoms with Gasteiger partial charge in [0.25, 0.3) is 0 Å². The van der Waals surface area contributed by atoms with Gasteiger partial charge in [0.1, 0.15) is 0 Å². The van der Waals surface area contributed by atoms with Crippen LogP contribution < -0.4 is 0 Å². The molecule has 0 aliphatic heterocycles. The van der Waals surface area contributed by atoms with Crippen molar-refractivity contribution >= 4 is 25.2 Å². The van der Waals surface area contributed by atoms with E-state index in [9.17, 15) is 9.90 Å². The number of methoxy groups -OCH3 is 1. The Morgan fingerprint density at radius 3 is 2.35 bits per heavy atom. The van der Waals surface area contributed by atoms with Crippen molar-refractivity contribution < 1.29 is 19.1 Å². The molecule has 37 heavy (non-hydrogen) atoms. The first-order valence-corrected chi connectivity index (χ1v) is 17.2. The maximum atomic E-state index is 11.3. The lowest BCUT2D eigenvalue weighted by Crippen LogP contribution is -2.41. The molecule has 6 heteroatoms. The number of pyridine rings is 1. The van der Waals surface area contributed by atoms with Crippen LogP contribution in [0.3, 0.4) is 0 Å². The van der Waals surface area contributed by atoms with E-state index in [1.54, 1.807) is 0 Å². The van der Waals surface area contributed by atoms with Gasteiger partial charge < -0.3 is 14.3 Å². The van der Waals surface area contributed by atoms with Crippen molar-refractivity contribution in [2.75, 3.05) is 7.11 Å². The minimum absolute atomic E-state index is 0.0748. The van der Waals surface area contributed by atoms with Gasteiger partial charge in [-0.25, -0.2) is 0 Å². The summed E-state index contributed by atoms with van der Waals surface area (Å²) < 4.78 is 11.6. The third-order valence-corrected chi connectivity index (χ3v) is 12.3. The van der Waals surface area contributed by atoms with Gasteiger partial charge in [-0.1, -0.05) is 84.4 Å². The van der Waals surface area contributed by atoms with E-state index in [0.29, 0.717) is 25.7 Å². The van der Waals surface area contributed by atoms with Crippen LogP contribution >= 0.6 is 0 Å². The van der Waals surface area contributed by atoms with Crippen LogP contribution in [-0.2, 0) is 20.4 Å². The van der Waals surface area contributed by atoms with E-state index in [1.165, 1.54) is 51.2 Å². The van der Waals surface area contributed by atoms with Crippen LogP contribution in [0.15, 0.2) is 30.3 Å². The summed E-state index contributed by atoms with van der Waals surface area (Å²) in [6.07, 6.45) is 10.2. The molecule has 0 fully saturated rings. The summed E-state index contributed by atoms with van der Waals surface area (Å²) in [7, 11) is -0.552. The first kappa shape index (κ1) is 31.5. The maximum Gasteiger partial charge on any atom is 0.305 e. The second-order valence-electron chi connectivity index (χ2n) is 12.0. The number of rotatable bonds is 16. The molecule has 0 aliphatic carbocycles. The van der Waals surface area contributed by atoms with Crippen LogP contribution in [0.5, 0.6) is 0 Å². The van der Waals surface area contributed by atoms with Gasteiger partial charge in [-0.3, -0.25) is 9.78 Å². The summed E-state index contributed by atoms with van der Waals surface area (Å²) >= 11 is 0. The highest BCUT2D eigenvalue weighted by molar-refractivity contribution is 6.74. The quantitative estimate of drug-likeness (QED) is 0.135. The van der Waals surface area contributed by atoms with Gasteiger partial charge in [0.05, 0.1) is 24.8 Å². The molecule has 0 spiro atoms. The zero-order valence-corrected chi connectivity index (χ0v) is 25.4. The molecule has 0 radical (unpaired) electrons. The molecule has 0 saturated carbocycles. The van der Waals surface area contributed by atoms with Gasteiger partial charge in [-0.05, 0) is 55.1 Å². The summed E-state index contributed by atoms with van der Waals surface area (Å²) in [5, 5.41) is 11.7. The molecule has 0 amide bonds. The standard InChI is InChI=1S/C31H51NO4Si/c1-8-9-10-11-12-13-16-29(36-37(6,7)31(2,3)4)25-19-18-24-20-21-26(32-28(24)22-25)23-27(33)15-14-17-30(34)35-5/h18-22,27,29,33H,8-17,23H2,1-7H3. The van der Waals surface area contributed by atoms with Crippen LogP contribution in [-0.4, -0.2) is 37.6 Å². The molecule has 0 aliphatic rings. The molecule has 2 aromatic rings. The zero-order chi connectivity index (χ0) is 27.5. The number of unbranched alkanes of at least 4 members (excludes halogenated alkanes) is 5. The number of benzene rings is 1. The number of aromatic nitrogens is 1. The van der Waals surface area contributed by atoms with Crippen molar-refractivity contribution in [3.05, 3.63) is 41.6 Å². The monoisotopic (exact) mass is 529 g/mol. The third kappa shape index (κ3) is 10.5. The van der Waals surface area contributed by atoms with E-state index >= 15 is 0 Å². The number of aliphatic hydroxyl groups is 1. The van der Waals surface area contributed by atoms with Crippen molar-refractivity contribution in [3.8, 4) is 0 Å². The molecule has 1 aromatic carbocycles. The predicted octanol–water partition coefficient (Wildman–Crippen LogP) is 8.30. The topological polar surface area (TPSA) is 68.7 Å². The fourth-order valence-corrected chi connectivity index (χ4v) is 5.67. The summed E-state index contributed by atoms with van der Waals surface area (Å²) in [5.41, 5.74) is 3.02. The van der Waals surface area contributed by atoms with E-state index in [4.69, 9.17) is 9.41 Å². The molecule has 0 saturated heterocycles. The predicted molar refractivity (Wildman–Crippen MR) is 156 cm³/mol. The number of ether oxygens (including phenoxy) is 1. The lowest BCUT2D eigenvalue weighted by atomic mass is 10.00. The highest BCUT2D eigenvalue weighted by Gasteiger charge is 2.39. The first-order valence-electron chi connectivity index (χ1n) is 14.3. The van der Waals surface area contributed by atoms with Crippen LogP contribution in [0.1, 0.15) is 109 Å². The smallest absolute Gasteiger partial charge is 0.305 e. The fraction of sp³-hybridized carbons (Fsp3) is 0.677. The SMILES string of the molecule is CCCCCCCCC(O[Si](C)(C)C(C)(C)C)c1ccc2ccc(CC(O)CCCC(=O)OC)nc2c1. The Morgan fingerprint density at radius 1 is 1.00 bits per heavy atom.